The van der Waals surface area contributed by atoms with Crippen molar-refractivity contribution in [2.24, 2.45) is 0 Å². The summed E-state index contributed by atoms with van der Waals surface area (Å²) in [5.74, 6) is -0.505. The Balaban J connectivity index is 1.47. The summed E-state index contributed by atoms with van der Waals surface area (Å²) in [6, 6.07) is 11.7. The first kappa shape index (κ1) is 25.7. The van der Waals surface area contributed by atoms with E-state index in [1.165, 1.54) is 57.1 Å². The Bertz CT molecular complexity index is 1260. The first-order valence-corrected chi connectivity index (χ1v) is 14.2. The zero-order valence-electron chi connectivity index (χ0n) is 19.6. The van der Waals surface area contributed by atoms with E-state index < -0.39 is 26.0 Å². The number of nitrogens with zero attached hydrogens (tertiary/aromatic N) is 2. The topological polar surface area (TPSA) is 122 Å². The number of ether oxygens (including phenoxy) is 2. The quantitative estimate of drug-likeness (QED) is 0.612. The molecule has 1 N–H and O–H groups in total. The van der Waals surface area contributed by atoms with E-state index in [0.717, 1.165) is 0 Å². The lowest BCUT2D eigenvalue weighted by Gasteiger charge is -2.34. The number of sulfonamides is 2. The molecule has 0 bridgehead atoms. The van der Waals surface area contributed by atoms with Gasteiger partial charge in [0.25, 0.3) is 5.91 Å². The number of rotatable bonds is 6. The number of hydrogen-bond acceptors (Lipinski definition) is 7. The second-order valence-corrected chi connectivity index (χ2v) is 12.5. The monoisotopic (exact) mass is 523 g/mol. The molecule has 2 heterocycles. The summed E-state index contributed by atoms with van der Waals surface area (Å²) in [6.07, 6.45) is -0.454. The molecule has 2 aliphatic rings. The molecule has 0 saturated carbocycles. The predicted molar refractivity (Wildman–Crippen MR) is 129 cm³/mol. The first-order chi connectivity index (χ1) is 16.6. The van der Waals surface area contributed by atoms with Crippen molar-refractivity contribution in [2.75, 3.05) is 44.7 Å². The lowest BCUT2D eigenvalue weighted by atomic mass is 10.2. The number of hydrogen-bond donors (Lipinski definition) is 1. The molecule has 10 nitrogen and oxygen atoms in total. The number of amides is 1. The second-order valence-electron chi connectivity index (χ2n) is 8.60. The lowest BCUT2D eigenvalue weighted by Crippen LogP contribution is -2.48. The van der Waals surface area contributed by atoms with Crippen LogP contribution in [0.2, 0.25) is 0 Å². The normalized spacial score (nSPS) is 22.6. The van der Waals surface area contributed by atoms with Crippen LogP contribution in [-0.4, -0.2) is 83.0 Å². The highest BCUT2D eigenvalue weighted by Gasteiger charge is 2.32. The van der Waals surface area contributed by atoms with Crippen LogP contribution in [0.3, 0.4) is 0 Å². The molecule has 2 aliphatic heterocycles. The van der Waals surface area contributed by atoms with E-state index in [9.17, 15) is 21.6 Å². The van der Waals surface area contributed by atoms with Gasteiger partial charge in [-0.1, -0.05) is 6.07 Å². The van der Waals surface area contributed by atoms with Gasteiger partial charge in [-0.3, -0.25) is 4.79 Å². The average Bonchev–Trinajstić information content (AvgIpc) is 2.84. The highest BCUT2D eigenvalue weighted by Crippen LogP contribution is 2.23. The highest BCUT2D eigenvalue weighted by molar-refractivity contribution is 7.89. The fourth-order valence-corrected chi connectivity index (χ4v) is 7.17. The smallest absolute Gasteiger partial charge is 0.255 e. The summed E-state index contributed by atoms with van der Waals surface area (Å²) >= 11 is 0. The Morgan fingerprint density at radius 3 is 2.09 bits per heavy atom. The van der Waals surface area contributed by atoms with E-state index in [1.54, 1.807) is 0 Å². The molecular weight excluding hydrogens is 494 g/mol. The molecule has 4 rings (SSSR count). The maximum Gasteiger partial charge on any atom is 0.255 e. The molecule has 2 fully saturated rings. The van der Waals surface area contributed by atoms with Gasteiger partial charge in [-0.15, -0.1) is 0 Å². The third kappa shape index (κ3) is 5.74. The fourth-order valence-electron chi connectivity index (χ4n) is 4.12. The van der Waals surface area contributed by atoms with Gasteiger partial charge in [0.2, 0.25) is 20.0 Å². The Hall–Kier alpha value is -2.35. The number of anilines is 1. The van der Waals surface area contributed by atoms with Crippen LogP contribution in [-0.2, 0) is 29.5 Å². The minimum Gasteiger partial charge on any atom is -0.379 e. The third-order valence-electron chi connectivity index (χ3n) is 5.84. The lowest BCUT2D eigenvalue weighted by molar-refractivity contribution is -0.0440. The molecule has 2 atom stereocenters. The van der Waals surface area contributed by atoms with Crippen molar-refractivity contribution >= 4 is 31.6 Å². The number of morpholine rings is 2. The Labute approximate surface area is 205 Å². The first-order valence-electron chi connectivity index (χ1n) is 11.3. The van der Waals surface area contributed by atoms with Crippen molar-refractivity contribution in [1.29, 1.82) is 0 Å². The molecular formula is C23H29N3O7S2. The van der Waals surface area contributed by atoms with Crippen molar-refractivity contribution in [3.63, 3.8) is 0 Å². The van der Waals surface area contributed by atoms with Crippen LogP contribution in [0.4, 0.5) is 5.69 Å². The SMILES string of the molecule is CC1CN(S(=O)(=O)c2cccc(C(=O)Nc3ccc(S(=O)(=O)N4CCOCC4)cc3)c2)CC(C)O1. The van der Waals surface area contributed by atoms with Gasteiger partial charge in [-0.05, 0) is 56.3 Å². The van der Waals surface area contributed by atoms with Gasteiger partial charge in [0, 0.05) is 37.4 Å². The van der Waals surface area contributed by atoms with E-state index in [4.69, 9.17) is 9.47 Å². The van der Waals surface area contributed by atoms with Crippen LogP contribution in [0, 0.1) is 0 Å². The number of nitrogens with one attached hydrogen (secondary N) is 1. The predicted octanol–water partition coefficient (Wildman–Crippen LogP) is 1.76. The molecule has 0 spiro atoms. The average molecular weight is 524 g/mol. The molecule has 0 aliphatic carbocycles. The van der Waals surface area contributed by atoms with Crippen LogP contribution in [0.5, 0.6) is 0 Å². The van der Waals surface area contributed by atoms with Crippen LogP contribution < -0.4 is 5.32 Å². The van der Waals surface area contributed by atoms with Gasteiger partial charge in [0.05, 0.1) is 35.2 Å². The summed E-state index contributed by atoms with van der Waals surface area (Å²) in [4.78, 5) is 13.0. The van der Waals surface area contributed by atoms with E-state index in [2.05, 4.69) is 5.32 Å². The van der Waals surface area contributed by atoms with E-state index in [-0.39, 0.29) is 40.7 Å². The van der Waals surface area contributed by atoms with Gasteiger partial charge in [-0.25, -0.2) is 16.8 Å². The van der Waals surface area contributed by atoms with Crippen molar-refractivity contribution in [3.05, 3.63) is 54.1 Å². The molecule has 0 aromatic heterocycles. The van der Waals surface area contributed by atoms with E-state index in [0.29, 0.717) is 32.0 Å². The molecule has 12 heteroatoms. The number of benzene rings is 2. The summed E-state index contributed by atoms with van der Waals surface area (Å²) in [7, 11) is -7.44. The molecule has 2 unspecified atom stereocenters. The summed E-state index contributed by atoms with van der Waals surface area (Å²) in [5, 5.41) is 2.69. The molecule has 2 saturated heterocycles. The maximum atomic E-state index is 13.1. The zero-order valence-corrected chi connectivity index (χ0v) is 21.2. The minimum atomic E-state index is -3.80. The standard InChI is InChI=1S/C23H29N3O7S2/c1-17-15-26(16-18(2)33-17)35(30,31)22-5-3-4-19(14-22)23(27)24-20-6-8-21(9-7-20)34(28,29)25-10-12-32-13-11-25/h3-9,14,17-18H,10-13,15-16H2,1-2H3,(H,24,27). The molecule has 190 valence electrons. The molecule has 0 radical (unpaired) electrons. The van der Waals surface area contributed by atoms with Crippen LogP contribution in [0.15, 0.2) is 58.3 Å². The van der Waals surface area contributed by atoms with Crippen LogP contribution >= 0.6 is 0 Å². The largest absolute Gasteiger partial charge is 0.379 e. The molecule has 1 amide bonds. The number of carbonyl (C=O) groups is 1. The van der Waals surface area contributed by atoms with Gasteiger partial charge < -0.3 is 14.8 Å². The second kappa shape index (κ2) is 10.3. The van der Waals surface area contributed by atoms with Gasteiger partial charge in [0.1, 0.15) is 0 Å². The Morgan fingerprint density at radius 2 is 1.46 bits per heavy atom. The van der Waals surface area contributed by atoms with Crippen LogP contribution in [0.25, 0.3) is 0 Å². The van der Waals surface area contributed by atoms with E-state index >= 15 is 0 Å². The highest BCUT2D eigenvalue weighted by atomic mass is 32.2. The molecule has 2 aromatic carbocycles. The summed E-state index contributed by atoms with van der Waals surface area (Å²) in [5.41, 5.74) is 0.561. The summed E-state index contributed by atoms with van der Waals surface area (Å²) in [6.45, 7) is 5.41. The van der Waals surface area contributed by atoms with Crippen LogP contribution in [0.1, 0.15) is 24.2 Å². The van der Waals surface area contributed by atoms with E-state index in [1.807, 2.05) is 13.8 Å². The van der Waals surface area contributed by atoms with Gasteiger partial charge in [-0.2, -0.15) is 8.61 Å². The Kier molecular flexibility index (Phi) is 7.60. The van der Waals surface area contributed by atoms with Crippen molar-refractivity contribution in [3.8, 4) is 0 Å². The van der Waals surface area contributed by atoms with Crippen molar-refractivity contribution < 1.29 is 31.1 Å². The van der Waals surface area contributed by atoms with Gasteiger partial charge >= 0.3 is 0 Å². The van der Waals surface area contributed by atoms with Crippen molar-refractivity contribution in [2.45, 2.75) is 35.8 Å². The maximum absolute atomic E-state index is 13.1. The zero-order chi connectivity index (χ0) is 25.2. The summed E-state index contributed by atoms with van der Waals surface area (Å²) < 4.78 is 65.4. The number of carbonyl (C=O) groups excluding carboxylic acids is 1. The fraction of sp³-hybridized carbons (Fsp3) is 0.435. The Morgan fingerprint density at radius 1 is 0.857 bits per heavy atom. The third-order valence-corrected chi connectivity index (χ3v) is 9.58. The minimum absolute atomic E-state index is 0.0263. The van der Waals surface area contributed by atoms with Crippen molar-refractivity contribution in [1.82, 2.24) is 8.61 Å². The molecule has 35 heavy (non-hydrogen) atoms. The van der Waals surface area contributed by atoms with Gasteiger partial charge in [0.15, 0.2) is 0 Å². The molecule has 2 aromatic rings.